The molecule has 1 saturated carbocycles. The summed E-state index contributed by atoms with van der Waals surface area (Å²) in [5.74, 6) is -0.0437. The van der Waals surface area contributed by atoms with E-state index in [-0.39, 0.29) is 24.3 Å². The molecule has 138 valence electrons. The number of benzene rings is 2. The van der Waals surface area contributed by atoms with Gasteiger partial charge in [-0.15, -0.1) is 0 Å². The first-order valence-corrected chi connectivity index (χ1v) is 9.16. The normalized spacial score (nSPS) is 25.0. The number of carboxylic acids is 1. The Labute approximate surface area is 156 Å². The predicted octanol–water partition coefficient (Wildman–Crippen LogP) is 2.78. The van der Waals surface area contributed by atoms with Gasteiger partial charge in [0.2, 0.25) is 5.91 Å². The summed E-state index contributed by atoms with van der Waals surface area (Å²) in [4.78, 5) is 26.3. The molecule has 1 N–H and O–H groups in total. The maximum atomic E-state index is 13.1. The van der Waals surface area contributed by atoms with E-state index < -0.39 is 11.9 Å². The molecule has 0 aromatic heterocycles. The summed E-state index contributed by atoms with van der Waals surface area (Å²) in [5.41, 5.74) is 2.51. The van der Waals surface area contributed by atoms with Crippen molar-refractivity contribution in [3.05, 3.63) is 53.6 Å². The Bertz CT molecular complexity index is 940. The second-order valence-electron chi connectivity index (χ2n) is 7.25. The molecule has 27 heavy (non-hydrogen) atoms. The number of fused-ring (bicyclic) bond motifs is 2. The molecule has 1 amide bonds. The van der Waals surface area contributed by atoms with Crippen LogP contribution in [0.1, 0.15) is 29.4 Å². The molecule has 3 aliphatic rings. The number of para-hydroxylation sites is 1. The Morgan fingerprint density at radius 3 is 2.63 bits per heavy atom. The highest BCUT2D eigenvalue weighted by Gasteiger charge is 2.48. The van der Waals surface area contributed by atoms with Crippen molar-refractivity contribution in [1.82, 2.24) is 0 Å². The molecule has 2 aromatic carbocycles. The lowest BCUT2D eigenvalue weighted by Gasteiger charge is -2.19. The van der Waals surface area contributed by atoms with Crippen molar-refractivity contribution in [2.75, 3.05) is 24.7 Å². The summed E-state index contributed by atoms with van der Waals surface area (Å²) in [6, 6.07) is 13.1. The summed E-state index contributed by atoms with van der Waals surface area (Å²) < 4.78 is 11.2. The van der Waals surface area contributed by atoms with Crippen LogP contribution in [0.15, 0.2) is 42.5 Å². The standard InChI is InChI=1S/C21H19NO5/c23-20(22-11-16(21(24)25)13-3-1-2-4-17(13)22)15-10-14(15)12-5-6-18-19(9-12)27-8-7-26-18/h1-6,9,14-16H,7-8,10-11H2,(H,24,25). The molecule has 5 rings (SSSR count). The molecule has 3 atom stereocenters. The van der Waals surface area contributed by atoms with E-state index in [0.29, 0.717) is 13.2 Å². The number of carbonyl (C=O) groups is 2. The number of hydrogen-bond acceptors (Lipinski definition) is 4. The minimum atomic E-state index is -0.892. The lowest BCUT2D eigenvalue weighted by molar-refractivity contribution is -0.138. The Morgan fingerprint density at radius 1 is 1.04 bits per heavy atom. The van der Waals surface area contributed by atoms with Crippen LogP contribution in [0.4, 0.5) is 5.69 Å². The van der Waals surface area contributed by atoms with Crippen molar-refractivity contribution in [2.45, 2.75) is 18.3 Å². The predicted molar refractivity (Wildman–Crippen MR) is 97.5 cm³/mol. The highest BCUT2D eigenvalue weighted by Crippen LogP contribution is 2.51. The number of carbonyl (C=O) groups excluding carboxylic acids is 1. The number of aliphatic carboxylic acids is 1. The van der Waals surface area contributed by atoms with Gasteiger partial charge in [-0.2, -0.15) is 0 Å². The highest BCUT2D eigenvalue weighted by molar-refractivity contribution is 6.01. The fourth-order valence-corrected chi connectivity index (χ4v) is 4.15. The van der Waals surface area contributed by atoms with Crippen LogP contribution in [0, 0.1) is 5.92 Å². The summed E-state index contributed by atoms with van der Waals surface area (Å²) in [6.07, 6.45) is 0.773. The molecule has 1 fully saturated rings. The molecular weight excluding hydrogens is 346 g/mol. The molecule has 2 heterocycles. The summed E-state index contributed by atoms with van der Waals surface area (Å²) in [5, 5.41) is 9.49. The fourth-order valence-electron chi connectivity index (χ4n) is 4.15. The number of rotatable bonds is 3. The third-order valence-electron chi connectivity index (χ3n) is 5.63. The average molecular weight is 365 g/mol. The van der Waals surface area contributed by atoms with Gasteiger partial charge < -0.3 is 19.5 Å². The molecule has 6 heteroatoms. The smallest absolute Gasteiger partial charge is 0.312 e. The topological polar surface area (TPSA) is 76.1 Å². The minimum Gasteiger partial charge on any atom is -0.486 e. The SMILES string of the molecule is O=C(O)C1CN(C(=O)C2CC2c2ccc3c(c2)OCCO3)c2ccccc21. The molecule has 1 aliphatic carbocycles. The highest BCUT2D eigenvalue weighted by atomic mass is 16.6. The van der Waals surface area contributed by atoms with Gasteiger partial charge >= 0.3 is 5.97 Å². The van der Waals surface area contributed by atoms with Crippen LogP contribution in [-0.4, -0.2) is 36.7 Å². The van der Waals surface area contributed by atoms with E-state index in [2.05, 4.69) is 0 Å². The quantitative estimate of drug-likeness (QED) is 0.905. The zero-order valence-corrected chi connectivity index (χ0v) is 14.6. The number of hydrogen-bond donors (Lipinski definition) is 1. The van der Waals surface area contributed by atoms with Gasteiger partial charge in [0.05, 0.1) is 0 Å². The van der Waals surface area contributed by atoms with Crippen molar-refractivity contribution in [3.8, 4) is 11.5 Å². The van der Waals surface area contributed by atoms with E-state index in [1.54, 1.807) is 11.0 Å². The average Bonchev–Trinajstić information content (AvgIpc) is 3.40. The van der Waals surface area contributed by atoms with E-state index in [9.17, 15) is 14.7 Å². The van der Waals surface area contributed by atoms with E-state index >= 15 is 0 Å². The molecule has 0 saturated heterocycles. The molecule has 6 nitrogen and oxygen atoms in total. The first-order chi connectivity index (χ1) is 13.1. The van der Waals surface area contributed by atoms with Crippen LogP contribution in [0.5, 0.6) is 11.5 Å². The van der Waals surface area contributed by atoms with E-state index in [1.807, 2.05) is 36.4 Å². The van der Waals surface area contributed by atoms with Crippen molar-refractivity contribution in [1.29, 1.82) is 0 Å². The monoisotopic (exact) mass is 365 g/mol. The third-order valence-corrected chi connectivity index (χ3v) is 5.63. The van der Waals surface area contributed by atoms with Gasteiger partial charge in [-0.3, -0.25) is 9.59 Å². The van der Waals surface area contributed by atoms with Crippen LogP contribution in [0.2, 0.25) is 0 Å². The Balaban J connectivity index is 1.37. The molecule has 0 radical (unpaired) electrons. The Kier molecular flexibility index (Phi) is 3.60. The van der Waals surface area contributed by atoms with Crippen LogP contribution < -0.4 is 14.4 Å². The van der Waals surface area contributed by atoms with Gasteiger partial charge in [0.15, 0.2) is 11.5 Å². The molecular formula is C21H19NO5. The number of carboxylic acid groups (broad SMARTS) is 1. The first-order valence-electron chi connectivity index (χ1n) is 9.16. The van der Waals surface area contributed by atoms with Crippen LogP contribution in [0.3, 0.4) is 0 Å². The van der Waals surface area contributed by atoms with Crippen LogP contribution in [0.25, 0.3) is 0 Å². The largest absolute Gasteiger partial charge is 0.486 e. The zero-order valence-electron chi connectivity index (χ0n) is 14.6. The van der Waals surface area contributed by atoms with Crippen LogP contribution in [-0.2, 0) is 9.59 Å². The van der Waals surface area contributed by atoms with Gasteiger partial charge in [-0.25, -0.2) is 0 Å². The molecule has 2 aliphatic heterocycles. The van der Waals surface area contributed by atoms with Crippen LogP contribution >= 0.6 is 0 Å². The van der Waals surface area contributed by atoms with Gasteiger partial charge in [-0.1, -0.05) is 24.3 Å². The molecule has 2 aromatic rings. The number of amides is 1. The Hall–Kier alpha value is -3.02. The number of ether oxygens (including phenoxy) is 2. The second kappa shape index (κ2) is 6.01. The zero-order chi connectivity index (χ0) is 18.5. The van der Waals surface area contributed by atoms with Crippen molar-refractivity contribution in [2.24, 2.45) is 5.92 Å². The second-order valence-corrected chi connectivity index (χ2v) is 7.25. The van der Waals surface area contributed by atoms with Gasteiger partial charge in [0.1, 0.15) is 19.1 Å². The van der Waals surface area contributed by atoms with E-state index in [4.69, 9.17) is 9.47 Å². The maximum Gasteiger partial charge on any atom is 0.312 e. The lowest BCUT2D eigenvalue weighted by atomic mass is 10.0. The minimum absolute atomic E-state index is 0.00564. The third kappa shape index (κ3) is 2.63. The van der Waals surface area contributed by atoms with Gasteiger partial charge in [0.25, 0.3) is 0 Å². The van der Waals surface area contributed by atoms with Gasteiger partial charge in [-0.05, 0) is 41.7 Å². The van der Waals surface area contributed by atoms with Crippen molar-refractivity contribution in [3.63, 3.8) is 0 Å². The lowest BCUT2D eigenvalue weighted by Crippen LogP contribution is -2.32. The molecule has 3 unspecified atom stereocenters. The number of anilines is 1. The number of nitrogens with zero attached hydrogens (tertiary/aromatic N) is 1. The van der Waals surface area contributed by atoms with Crippen molar-refractivity contribution < 1.29 is 24.2 Å². The fraction of sp³-hybridized carbons (Fsp3) is 0.333. The van der Waals surface area contributed by atoms with E-state index in [0.717, 1.165) is 34.7 Å². The van der Waals surface area contributed by atoms with E-state index in [1.165, 1.54) is 0 Å². The van der Waals surface area contributed by atoms with Crippen molar-refractivity contribution >= 4 is 17.6 Å². The Morgan fingerprint density at radius 2 is 1.81 bits per heavy atom. The maximum absolute atomic E-state index is 13.1. The van der Waals surface area contributed by atoms with Gasteiger partial charge in [0, 0.05) is 18.2 Å². The first kappa shape index (κ1) is 16.2. The molecule has 0 spiro atoms. The summed E-state index contributed by atoms with van der Waals surface area (Å²) in [7, 11) is 0. The summed E-state index contributed by atoms with van der Waals surface area (Å²) in [6.45, 7) is 1.29. The summed E-state index contributed by atoms with van der Waals surface area (Å²) >= 11 is 0. The molecule has 0 bridgehead atoms.